The molecule has 0 bridgehead atoms. The Labute approximate surface area is 126 Å². The largest absolute Gasteiger partial charge is 0.467 e. The van der Waals surface area contributed by atoms with Gasteiger partial charge >= 0.3 is 5.97 Å². The number of ether oxygens (including phenoxy) is 1. The number of esters is 1. The Morgan fingerprint density at radius 2 is 1.71 bits per heavy atom. The smallest absolute Gasteiger partial charge is 0.332 e. The van der Waals surface area contributed by atoms with Crippen LogP contribution in [0, 0.1) is 20.8 Å². The Hall–Kier alpha value is -2.29. The zero-order valence-electron chi connectivity index (χ0n) is 12.9. The highest BCUT2D eigenvalue weighted by Crippen LogP contribution is 2.24. The molecule has 3 nitrogen and oxygen atoms in total. The van der Waals surface area contributed by atoms with E-state index >= 15 is 0 Å². The first kappa shape index (κ1) is 15.1. The van der Waals surface area contributed by atoms with E-state index in [4.69, 9.17) is 4.74 Å². The van der Waals surface area contributed by atoms with Crippen LogP contribution in [-0.2, 0) is 9.53 Å². The maximum absolute atomic E-state index is 12.1. The van der Waals surface area contributed by atoms with Crippen molar-refractivity contribution in [3.8, 4) is 0 Å². The van der Waals surface area contributed by atoms with Crippen LogP contribution in [0.15, 0.2) is 42.5 Å². The molecule has 1 N–H and O–H groups in total. The Bertz CT molecular complexity index is 649. The summed E-state index contributed by atoms with van der Waals surface area (Å²) in [7, 11) is 1.41. The zero-order chi connectivity index (χ0) is 15.4. The molecule has 0 spiro atoms. The maximum atomic E-state index is 12.1. The molecule has 0 radical (unpaired) electrons. The van der Waals surface area contributed by atoms with Crippen molar-refractivity contribution >= 4 is 11.7 Å². The second-order valence-electron chi connectivity index (χ2n) is 5.26. The summed E-state index contributed by atoms with van der Waals surface area (Å²) in [5.41, 5.74) is 5.31. The second-order valence-corrected chi connectivity index (χ2v) is 5.26. The van der Waals surface area contributed by atoms with Gasteiger partial charge in [-0.3, -0.25) is 0 Å². The number of hydrogen-bond donors (Lipinski definition) is 1. The summed E-state index contributed by atoms with van der Waals surface area (Å²) >= 11 is 0. The second kappa shape index (κ2) is 6.44. The van der Waals surface area contributed by atoms with Crippen LogP contribution < -0.4 is 5.32 Å². The summed E-state index contributed by atoms with van der Waals surface area (Å²) in [6.45, 7) is 6.11. The lowest BCUT2D eigenvalue weighted by molar-refractivity contribution is -0.141. The van der Waals surface area contributed by atoms with Crippen molar-refractivity contribution in [1.82, 2.24) is 0 Å². The predicted octanol–water partition coefficient (Wildman–Crippen LogP) is 3.94. The molecule has 0 aliphatic carbocycles. The first-order chi connectivity index (χ1) is 10.0. The van der Waals surface area contributed by atoms with E-state index in [9.17, 15) is 4.79 Å². The van der Waals surface area contributed by atoms with Gasteiger partial charge in [0.2, 0.25) is 0 Å². The van der Waals surface area contributed by atoms with E-state index < -0.39 is 6.04 Å². The standard InChI is InChI=1S/C18H21NO2/c1-12-9-10-15(11-14(12)3)17(18(20)21-4)19-16-8-6-5-7-13(16)2/h5-11,17,19H,1-4H3. The first-order valence-corrected chi connectivity index (χ1v) is 7.00. The number of methoxy groups -OCH3 is 1. The number of aryl methyl sites for hydroxylation is 3. The van der Waals surface area contributed by atoms with E-state index in [2.05, 4.69) is 12.2 Å². The van der Waals surface area contributed by atoms with E-state index in [1.807, 2.05) is 56.3 Å². The van der Waals surface area contributed by atoms with Gasteiger partial charge in [-0.1, -0.05) is 36.4 Å². The van der Waals surface area contributed by atoms with Crippen LogP contribution in [0.25, 0.3) is 0 Å². The van der Waals surface area contributed by atoms with Crippen LogP contribution in [0.1, 0.15) is 28.3 Å². The molecule has 0 heterocycles. The molecule has 0 fully saturated rings. The minimum Gasteiger partial charge on any atom is -0.467 e. The van der Waals surface area contributed by atoms with Crippen molar-refractivity contribution in [1.29, 1.82) is 0 Å². The summed E-state index contributed by atoms with van der Waals surface area (Å²) in [5.74, 6) is -0.290. The summed E-state index contributed by atoms with van der Waals surface area (Å²) in [6.07, 6.45) is 0. The summed E-state index contributed by atoms with van der Waals surface area (Å²) < 4.78 is 4.95. The van der Waals surface area contributed by atoms with Gasteiger partial charge in [-0.25, -0.2) is 4.79 Å². The number of carbonyl (C=O) groups is 1. The van der Waals surface area contributed by atoms with Crippen molar-refractivity contribution in [2.24, 2.45) is 0 Å². The van der Waals surface area contributed by atoms with E-state index in [0.717, 1.165) is 22.4 Å². The third-order valence-corrected chi connectivity index (χ3v) is 3.75. The van der Waals surface area contributed by atoms with Crippen molar-refractivity contribution in [3.63, 3.8) is 0 Å². The lowest BCUT2D eigenvalue weighted by Crippen LogP contribution is -2.22. The van der Waals surface area contributed by atoms with Gasteiger partial charge in [-0.15, -0.1) is 0 Å². The minimum atomic E-state index is -0.504. The normalized spacial score (nSPS) is 11.8. The molecule has 1 atom stereocenters. The highest BCUT2D eigenvalue weighted by Gasteiger charge is 2.22. The molecule has 2 aromatic rings. The van der Waals surface area contributed by atoms with Crippen molar-refractivity contribution < 1.29 is 9.53 Å². The van der Waals surface area contributed by atoms with Gasteiger partial charge in [-0.05, 0) is 49.1 Å². The molecule has 0 aliphatic heterocycles. The average Bonchev–Trinajstić information content (AvgIpc) is 2.48. The highest BCUT2D eigenvalue weighted by molar-refractivity contribution is 5.81. The lowest BCUT2D eigenvalue weighted by Gasteiger charge is -2.20. The molecule has 110 valence electrons. The van der Waals surface area contributed by atoms with Crippen LogP contribution in [0.5, 0.6) is 0 Å². The molecule has 2 aromatic carbocycles. The Morgan fingerprint density at radius 1 is 1.00 bits per heavy atom. The molecule has 0 amide bonds. The van der Waals surface area contributed by atoms with Gasteiger partial charge in [-0.2, -0.15) is 0 Å². The fraction of sp³-hybridized carbons (Fsp3) is 0.278. The molecule has 1 unspecified atom stereocenters. The number of benzene rings is 2. The summed E-state index contributed by atoms with van der Waals surface area (Å²) in [4.78, 5) is 12.1. The third-order valence-electron chi connectivity index (χ3n) is 3.75. The minimum absolute atomic E-state index is 0.290. The van der Waals surface area contributed by atoms with E-state index in [1.165, 1.54) is 12.7 Å². The fourth-order valence-corrected chi connectivity index (χ4v) is 2.23. The van der Waals surface area contributed by atoms with Gasteiger partial charge in [0, 0.05) is 5.69 Å². The molecule has 0 aromatic heterocycles. The summed E-state index contributed by atoms with van der Waals surface area (Å²) in [5, 5.41) is 3.29. The van der Waals surface area contributed by atoms with Crippen molar-refractivity contribution in [3.05, 3.63) is 64.7 Å². The van der Waals surface area contributed by atoms with Gasteiger partial charge < -0.3 is 10.1 Å². The summed E-state index contributed by atoms with van der Waals surface area (Å²) in [6, 6.07) is 13.4. The monoisotopic (exact) mass is 283 g/mol. The van der Waals surface area contributed by atoms with E-state index in [0.29, 0.717) is 0 Å². The van der Waals surface area contributed by atoms with Gasteiger partial charge in [0.25, 0.3) is 0 Å². The number of nitrogens with one attached hydrogen (secondary N) is 1. The lowest BCUT2D eigenvalue weighted by atomic mass is 10.0. The number of carbonyl (C=O) groups excluding carboxylic acids is 1. The SMILES string of the molecule is COC(=O)C(Nc1ccccc1C)c1ccc(C)c(C)c1. The Kier molecular flexibility index (Phi) is 4.63. The highest BCUT2D eigenvalue weighted by atomic mass is 16.5. The van der Waals surface area contributed by atoms with Crippen molar-refractivity contribution in [2.75, 3.05) is 12.4 Å². The molecule has 2 rings (SSSR count). The fourth-order valence-electron chi connectivity index (χ4n) is 2.23. The predicted molar refractivity (Wildman–Crippen MR) is 85.5 cm³/mol. The third kappa shape index (κ3) is 3.43. The maximum Gasteiger partial charge on any atom is 0.332 e. The number of rotatable bonds is 4. The molecule has 0 saturated carbocycles. The quantitative estimate of drug-likeness (QED) is 0.864. The Balaban J connectivity index is 2.37. The van der Waals surface area contributed by atoms with Crippen LogP contribution >= 0.6 is 0 Å². The van der Waals surface area contributed by atoms with Gasteiger partial charge in [0.05, 0.1) is 7.11 Å². The topological polar surface area (TPSA) is 38.3 Å². The first-order valence-electron chi connectivity index (χ1n) is 7.00. The Morgan fingerprint density at radius 3 is 2.33 bits per heavy atom. The molecular formula is C18H21NO2. The molecule has 0 aliphatic rings. The van der Waals surface area contributed by atoms with Crippen LogP contribution in [0.2, 0.25) is 0 Å². The van der Waals surface area contributed by atoms with Crippen LogP contribution in [-0.4, -0.2) is 13.1 Å². The average molecular weight is 283 g/mol. The number of para-hydroxylation sites is 1. The zero-order valence-corrected chi connectivity index (χ0v) is 12.9. The number of anilines is 1. The molecular weight excluding hydrogens is 262 g/mol. The van der Waals surface area contributed by atoms with E-state index in [-0.39, 0.29) is 5.97 Å². The van der Waals surface area contributed by atoms with Crippen molar-refractivity contribution in [2.45, 2.75) is 26.8 Å². The van der Waals surface area contributed by atoms with E-state index in [1.54, 1.807) is 0 Å². The molecule has 21 heavy (non-hydrogen) atoms. The molecule has 3 heteroatoms. The van der Waals surface area contributed by atoms with Crippen LogP contribution in [0.4, 0.5) is 5.69 Å². The van der Waals surface area contributed by atoms with Gasteiger partial charge in [0.15, 0.2) is 6.04 Å². The van der Waals surface area contributed by atoms with Crippen LogP contribution in [0.3, 0.4) is 0 Å². The van der Waals surface area contributed by atoms with Gasteiger partial charge in [0.1, 0.15) is 0 Å². The molecule has 0 saturated heterocycles. The number of hydrogen-bond acceptors (Lipinski definition) is 3.